The summed E-state index contributed by atoms with van der Waals surface area (Å²) in [4.78, 5) is 23.3. The lowest BCUT2D eigenvalue weighted by Crippen LogP contribution is -2.47. The molecule has 23 heavy (non-hydrogen) atoms. The van der Waals surface area contributed by atoms with E-state index in [0.717, 1.165) is 5.56 Å². The molecule has 0 aromatic heterocycles. The summed E-state index contributed by atoms with van der Waals surface area (Å²) in [6, 6.07) is 4.75. The number of benzene rings is 1. The molecule has 5 nitrogen and oxygen atoms in total. The highest BCUT2D eigenvalue weighted by Gasteiger charge is 2.17. The molecule has 0 bridgehead atoms. The normalized spacial score (nSPS) is 11.6. The number of rotatable bonds is 7. The van der Waals surface area contributed by atoms with Gasteiger partial charge >= 0.3 is 0 Å². The zero-order chi connectivity index (χ0) is 16.7. The zero-order valence-corrected chi connectivity index (χ0v) is 15.4. The van der Waals surface area contributed by atoms with Crippen LogP contribution in [-0.4, -0.2) is 30.9 Å². The average molecular weight is 383 g/mol. The Morgan fingerprint density at radius 3 is 2.48 bits per heavy atom. The highest BCUT2D eigenvalue weighted by atomic mass is 35.5. The van der Waals surface area contributed by atoms with E-state index in [1.54, 1.807) is 12.1 Å². The summed E-state index contributed by atoms with van der Waals surface area (Å²) in [6.07, 6.45) is 0.560. The first-order valence-corrected chi connectivity index (χ1v) is 7.81. The molecule has 1 aromatic carbocycles. The number of hydrogen-bond donors (Lipinski definition) is 3. The fourth-order valence-electron chi connectivity index (χ4n) is 1.73. The zero-order valence-electron chi connectivity index (χ0n) is 13.1. The number of carbonyl (C=O) groups excluding carboxylic acids is 2. The monoisotopic (exact) mass is 381 g/mol. The van der Waals surface area contributed by atoms with Gasteiger partial charge in [0, 0.05) is 6.54 Å². The molecule has 0 fully saturated rings. The number of nitrogens with two attached hydrogens (primary N) is 1. The van der Waals surface area contributed by atoms with Crippen molar-refractivity contribution in [2.45, 2.75) is 26.3 Å². The number of hydrogen-bond acceptors (Lipinski definition) is 3. The van der Waals surface area contributed by atoms with E-state index in [0.29, 0.717) is 23.0 Å². The van der Waals surface area contributed by atoms with Crippen molar-refractivity contribution in [1.82, 2.24) is 10.6 Å². The minimum atomic E-state index is -0.613. The Bertz CT molecular complexity index is 539. The third-order valence-electron chi connectivity index (χ3n) is 3.19. The van der Waals surface area contributed by atoms with Gasteiger partial charge in [-0.25, -0.2) is 0 Å². The molecule has 1 aromatic rings. The van der Waals surface area contributed by atoms with E-state index in [1.807, 2.05) is 19.9 Å². The van der Waals surface area contributed by atoms with Gasteiger partial charge in [0.15, 0.2) is 0 Å². The van der Waals surface area contributed by atoms with E-state index in [2.05, 4.69) is 10.6 Å². The Labute approximate surface area is 152 Å². The predicted octanol–water partition coefficient (Wildman–Crippen LogP) is 2.17. The topological polar surface area (TPSA) is 84.2 Å². The lowest BCUT2D eigenvalue weighted by Gasteiger charge is -2.15. The summed E-state index contributed by atoms with van der Waals surface area (Å²) in [5.74, 6) is -0.585. The summed E-state index contributed by atoms with van der Waals surface area (Å²) < 4.78 is 0. The van der Waals surface area contributed by atoms with Crippen LogP contribution >= 0.6 is 35.6 Å². The maximum absolute atomic E-state index is 11.7. The van der Waals surface area contributed by atoms with Gasteiger partial charge in [0.05, 0.1) is 22.6 Å². The highest BCUT2D eigenvalue weighted by molar-refractivity contribution is 6.42. The SMILES string of the molecule is CC(C)[C@H](N)C(=O)NCC(=O)NCCc1cccc(Cl)c1Cl.Cl. The summed E-state index contributed by atoms with van der Waals surface area (Å²) in [5.41, 5.74) is 6.54. The predicted molar refractivity (Wildman–Crippen MR) is 96.2 cm³/mol. The molecule has 0 saturated carbocycles. The second kappa shape index (κ2) is 10.7. The summed E-state index contributed by atoms with van der Waals surface area (Å²) in [7, 11) is 0. The van der Waals surface area contributed by atoms with Crippen LogP contribution in [0.1, 0.15) is 19.4 Å². The van der Waals surface area contributed by atoms with Crippen LogP contribution in [0.3, 0.4) is 0 Å². The lowest BCUT2D eigenvalue weighted by atomic mass is 10.1. The first-order valence-electron chi connectivity index (χ1n) is 7.05. The maximum atomic E-state index is 11.7. The number of amides is 2. The molecular weight excluding hydrogens is 361 g/mol. The van der Waals surface area contributed by atoms with Crippen molar-refractivity contribution >= 4 is 47.4 Å². The molecule has 1 atom stereocenters. The molecule has 0 unspecified atom stereocenters. The third-order valence-corrected chi connectivity index (χ3v) is 4.05. The van der Waals surface area contributed by atoms with Crippen molar-refractivity contribution in [3.05, 3.63) is 33.8 Å². The molecule has 0 aliphatic heterocycles. The van der Waals surface area contributed by atoms with Crippen molar-refractivity contribution in [3.8, 4) is 0 Å². The standard InChI is InChI=1S/C15H21Cl2N3O2.ClH/c1-9(2)14(18)15(22)20-8-12(21)19-7-6-10-4-3-5-11(16)13(10)17;/h3-5,9,14H,6-8,18H2,1-2H3,(H,19,21)(H,20,22);1H/t14-;/m0./s1. The molecule has 0 radical (unpaired) electrons. The van der Waals surface area contributed by atoms with E-state index in [4.69, 9.17) is 28.9 Å². The Morgan fingerprint density at radius 2 is 1.87 bits per heavy atom. The molecule has 0 heterocycles. The largest absolute Gasteiger partial charge is 0.354 e. The first-order chi connectivity index (χ1) is 10.3. The molecule has 0 aliphatic carbocycles. The summed E-state index contributed by atoms with van der Waals surface area (Å²) in [5, 5.41) is 6.20. The van der Waals surface area contributed by atoms with Crippen molar-refractivity contribution < 1.29 is 9.59 Å². The van der Waals surface area contributed by atoms with Crippen molar-refractivity contribution in [3.63, 3.8) is 0 Å². The van der Waals surface area contributed by atoms with Gasteiger partial charge in [0.2, 0.25) is 11.8 Å². The summed E-state index contributed by atoms with van der Waals surface area (Å²) in [6.45, 7) is 4.01. The van der Waals surface area contributed by atoms with Crippen molar-refractivity contribution in [2.75, 3.05) is 13.1 Å². The maximum Gasteiger partial charge on any atom is 0.239 e. The van der Waals surface area contributed by atoms with Crippen LogP contribution in [0, 0.1) is 5.92 Å². The lowest BCUT2D eigenvalue weighted by molar-refractivity contribution is -0.127. The Morgan fingerprint density at radius 1 is 1.22 bits per heavy atom. The first kappa shape index (κ1) is 22.0. The quantitative estimate of drug-likeness (QED) is 0.676. The number of halogens is 3. The minimum Gasteiger partial charge on any atom is -0.354 e. The van der Waals surface area contributed by atoms with Gasteiger partial charge in [-0.05, 0) is 24.0 Å². The van der Waals surface area contributed by atoms with Crippen LogP contribution in [0.15, 0.2) is 18.2 Å². The highest BCUT2D eigenvalue weighted by Crippen LogP contribution is 2.25. The van der Waals surface area contributed by atoms with Gasteiger partial charge in [-0.3, -0.25) is 9.59 Å². The minimum absolute atomic E-state index is 0. The average Bonchev–Trinajstić information content (AvgIpc) is 2.48. The molecular formula is C15H22Cl3N3O2. The van der Waals surface area contributed by atoms with Crippen molar-refractivity contribution in [1.29, 1.82) is 0 Å². The molecule has 0 saturated heterocycles. The van der Waals surface area contributed by atoms with E-state index in [-0.39, 0.29) is 36.7 Å². The molecule has 0 aliphatic rings. The molecule has 1 rings (SSSR count). The van der Waals surface area contributed by atoms with Crippen molar-refractivity contribution in [2.24, 2.45) is 11.7 Å². The Kier molecular flexibility index (Phi) is 10.2. The molecule has 2 amide bonds. The smallest absolute Gasteiger partial charge is 0.239 e. The second-order valence-electron chi connectivity index (χ2n) is 5.30. The van der Waals surface area contributed by atoms with Crippen LogP contribution in [0.4, 0.5) is 0 Å². The van der Waals surface area contributed by atoms with Crippen LogP contribution in [-0.2, 0) is 16.0 Å². The Balaban J connectivity index is 0.00000484. The van der Waals surface area contributed by atoms with Gasteiger partial charge in [-0.2, -0.15) is 0 Å². The molecule has 130 valence electrons. The van der Waals surface area contributed by atoms with Crippen LogP contribution in [0.2, 0.25) is 10.0 Å². The van der Waals surface area contributed by atoms with Gasteiger partial charge in [0.1, 0.15) is 0 Å². The van der Waals surface area contributed by atoms with Gasteiger partial charge in [0.25, 0.3) is 0 Å². The van der Waals surface area contributed by atoms with Crippen LogP contribution in [0.5, 0.6) is 0 Å². The van der Waals surface area contributed by atoms with Gasteiger partial charge < -0.3 is 16.4 Å². The molecule has 8 heteroatoms. The fraction of sp³-hybridized carbons (Fsp3) is 0.467. The second-order valence-corrected chi connectivity index (χ2v) is 6.09. The fourth-order valence-corrected chi connectivity index (χ4v) is 2.14. The Hall–Kier alpha value is -1.01. The summed E-state index contributed by atoms with van der Waals surface area (Å²) >= 11 is 12.0. The van der Waals surface area contributed by atoms with E-state index >= 15 is 0 Å². The van der Waals surface area contributed by atoms with E-state index in [1.165, 1.54) is 0 Å². The van der Waals surface area contributed by atoms with E-state index in [9.17, 15) is 9.59 Å². The van der Waals surface area contributed by atoms with E-state index < -0.39 is 6.04 Å². The van der Waals surface area contributed by atoms with Gasteiger partial charge in [-0.15, -0.1) is 12.4 Å². The number of carbonyl (C=O) groups is 2. The molecule has 0 spiro atoms. The number of nitrogens with one attached hydrogen (secondary N) is 2. The molecule has 4 N–H and O–H groups in total. The van der Waals surface area contributed by atoms with Gasteiger partial charge in [-0.1, -0.05) is 49.2 Å². The van der Waals surface area contributed by atoms with Crippen LogP contribution in [0.25, 0.3) is 0 Å². The third kappa shape index (κ3) is 7.40. The van der Waals surface area contributed by atoms with Crippen LogP contribution < -0.4 is 16.4 Å².